The summed E-state index contributed by atoms with van der Waals surface area (Å²) in [6.07, 6.45) is 0. The van der Waals surface area contributed by atoms with E-state index in [0.717, 1.165) is 49.2 Å². The quantitative estimate of drug-likeness (QED) is 0.114. The third-order valence-electron chi connectivity index (χ3n) is 11.7. The second-order valence-corrected chi connectivity index (χ2v) is 20.1. The topological polar surface area (TPSA) is 69.9 Å². The van der Waals surface area contributed by atoms with Crippen molar-refractivity contribution in [2.24, 2.45) is 0 Å². The van der Waals surface area contributed by atoms with E-state index in [2.05, 4.69) is 149 Å². The molecule has 0 amide bonds. The maximum atomic E-state index is 10.4. The van der Waals surface area contributed by atoms with E-state index in [1.54, 1.807) is 36.4 Å². The Kier molecular flexibility index (Phi) is 10.6. The number of aromatic hydroxyl groups is 3. The molecule has 0 aromatic heterocycles. The Bertz CT molecular complexity index is 2410. The number of rotatable bonds is 11. The Labute approximate surface area is 347 Å². The molecule has 0 bridgehead atoms. The zero-order chi connectivity index (χ0) is 41.2. The fourth-order valence-electron chi connectivity index (χ4n) is 8.57. The van der Waals surface area contributed by atoms with Gasteiger partial charge in [0.15, 0.2) is 0 Å². The van der Waals surface area contributed by atoms with Crippen LogP contribution in [-0.2, 0) is 0 Å². The monoisotopic (exact) mass is 792 g/mol. The van der Waals surface area contributed by atoms with Crippen molar-refractivity contribution < 1.29 is 19.8 Å². The van der Waals surface area contributed by atoms with Crippen LogP contribution in [0.25, 0.3) is 0 Å². The number of phenolic OH excluding ortho intramolecular Hbond substituents is 3. The van der Waals surface area contributed by atoms with Crippen molar-refractivity contribution in [2.45, 2.75) is 39.5 Å². The van der Waals surface area contributed by atoms with E-state index in [0.29, 0.717) is 0 Å². The van der Waals surface area contributed by atoms with E-state index in [1.165, 1.54) is 22.3 Å². The van der Waals surface area contributed by atoms with Crippen LogP contribution in [0.15, 0.2) is 194 Å². The molecule has 0 aliphatic rings. The number of phenols is 3. The number of hydrogen-bond donors (Lipinski definition) is 3. The molecular weight excluding hydrogens is 744 g/mol. The molecular formula is C54H49O4P. The Morgan fingerprint density at radius 3 is 0.763 bits per heavy atom. The molecule has 0 aliphatic carbocycles. The molecule has 1 atom stereocenters. The van der Waals surface area contributed by atoms with Crippen LogP contribution in [-0.4, -0.2) is 15.3 Å². The fourth-order valence-corrected chi connectivity index (χ4v) is 14.2. The summed E-state index contributed by atoms with van der Waals surface area (Å²) in [7, 11) is 0. The molecule has 8 aromatic rings. The van der Waals surface area contributed by atoms with Crippen LogP contribution in [0.2, 0.25) is 0 Å². The minimum atomic E-state index is -4.06. The first-order valence-corrected chi connectivity index (χ1v) is 22.2. The molecule has 8 rings (SSSR count). The predicted molar refractivity (Wildman–Crippen MR) is 245 cm³/mol. The molecule has 0 heterocycles. The van der Waals surface area contributed by atoms with Gasteiger partial charge >= 0.3 is 349 Å². The molecule has 0 aliphatic heterocycles. The molecule has 59 heavy (non-hydrogen) atoms. The first-order chi connectivity index (χ1) is 28.5. The number of benzene rings is 8. The Morgan fingerprint density at radius 1 is 0.305 bits per heavy atom. The molecule has 3 N–H and O–H groups in total. The molecule has 0 spiro atoms. The summed E-state index contributed by atoms with van der Waals surface area (Å²) in [5.41, 5.74) is 8.70. The van der Waals surface area contributed by atoms with Gasteiger partial charge in [-0.3, -0.25) is 0 Å². The van der Waals surface area contributed by atoms with E-state index >= 15 is 0 Å². The summed E-state index contributed by atoms with van der Waals surface area (Å²) >= 11 is 0. The van der Waals surface area contributed by atoms with Gasteiger partial charge in [0, 0.05) is 0 Å². The summed E-state index contributed by atoms with van der Waals surface area (Å²) in [4.78, 5) is 0. The van der Waals surface area contributed by atoms with Gasteiger partial charge in [-0.2, -0.15) is 0 Å². The van der Waals surface area contributed by atoms with Crippen molar-refractivity contribution >= 4 is 28.0 Å². The van der Waals surface area contributed by atoms with E-state index in [9.17, 15) is 15.3 Å². The second-order valence-electron chi connectivity index (χ2n) is 15.8. The molecule has 0 saturated heterocycles. The number of hydrogen-bond acceptors (Lipinski definition) is 4. The van der Waals surface area contributed by atoms with Gasteiger partial charge in [-0.25, -0.2) is 0 Å². The van der Waals surface area contributed by atoms with Crippen molar-refractivity contribution in [2.75, 3.05) is 0 Å². The zero-order valence-electron chi connectivity index (χ0n) is 33.8. The van der Waals surface area contributed by atoms with E-state index in [4.69, 9.17) is 4.52 Å². The Balaban J connectivity index is 1.38. The van der Waals surface area contributed by atoms with Gasteiger partial charge in [-0.15, -0.1) is 0 Å². The van der Waals surface area contributed by atoms with Crippen LogP contribution >= 0.6 is 6.83 Å². The van der Waals surface area contributed by atoms with Gasteiger partial charge in [0.05, 0.1) is 0 Å². The van der Waals surface area contributed by atoms with Crippen molar-refractivity contribution in [3.05, 3.63) is 239 Å². The van der Waals surface area contributed by atoms with Gasteiger partial charge in [-0.1, -0.05) is 0 Å². The normalized spacial score (nSPS) is 12.7. The first kappa shape index (κ1) is 39.2. The summed E-state index contributed by atoms with van der Waals surface area (Å²) < 4.78 is 8.05. The second kappa shape index (κ2) is 16.0. The fraction of sp³-hybridized carbons (Fsp3) is 0.111. The van der Waals surface area contributed by atoms with Crippen LogP contribution in [0, 0.1) is 27.7 Å². The van der Waals surface area contributed by atoms with Crippen molar-refractivity contribution in [3.63, 3.8) is 0 Å². The molecule has 4 nitrogen and oxygen atoms in total. The van der Waals surface area contributed by atoms with Crippen LogP contribution in [0.1, 0.15) is 56.3 Å². The molecule has 5 heteroatoms. The molecule has 0 radical (unpaired) electrons. The zero-order valence-corrected chi connectivity index (χ0v) is 34.7. The summed E-state index contributed by atoms with van der Waals surface area (Å²) in [6, 6.07) is 66.1. The average molecular weight is 793 g/mol. The minimum absolute atomic E-state index is 0.187. The summed E-state index contributed by atoms with van der Waals surface area (Å²) in [6.45, 7) is 4.43. The molecule has 0 saturated carbocycles. The van der Waals surface area contributed by atoms with E-state index in [1.807, 2.05) is 36.4 Å². The third kappa shape index (κ3) is 7.26. The van der Waals surface area contributed by atoms with Gasteiger partial charge in [0.25, 0.3) is 0 Å². The standard InChI is InChI=1S/C54H49O4P/c1-37-5-29-49(30-6-37)59(50-31-7-38(2)8-32-50,51-33-9-39(3)10-34-51,52-35-11-40(4)12-36-52)58-48-27-19-44(20-28-48)54(43-17-25-47(57)26-18-43)53(41-13-21-45(55)22-14-41)42-15-23-46(56)24-16-42/h5-36,53-57H,1-4H3. The van der Waals surface area contributed by atoms with Gasteiger partial charge in [-0.05, 0) is 0 Å². The van der Waals surface area contributed by atoms with Crippen LogP contribution in [0.5, 0.6) is 23.0 Å². The average Bonchev–Trinajstić information content (AvgIpc) is 3.25. The summed E-state index contributed by atoms with van der Waals surface area (Å²) in [5.74, 6) is 0.846. The molecule has 1 unspecified atom stereocenters. The third-order valence-corrected chi connectivity index (χ3v) is 17.4. The van der Waals surface area contributed by atoms with Gasteiger partial charge < -0.3 is 0 Å². The predicted octanol–water partition coefficient (Wildman–Crippen LogP) is 11.2. The number of aryl methyl sites for hydroxylation is 4. The van der Waals surface area contributed by atoms with Crippen molar-refractivity contribution in [1.29, 1.82) is 0 Å². The van der Waals surface area contributed by atoms with Crippen LogP contribution in [0.3, 0.4) is 0 Å². The molecule has 8 aromatic carbocycles. The van der Waals surface area contributed by atoms with Gasteiger partial charge in [0.2, 0.25) is 0 Å². The van der Waals surface area contributed by atoms with Gasteiger partial charge in [0.1, 0.15) is 0 Å². The van der Waals surface area contributed by atoms with E-state index in [-0.39, 0.29) is 29.1 Å². The Morgan fingerprint density at radius 2 is 0.525 bits per heavy atom. The SMILES string of the molecule is Cc1ccc(P(Oc2ccc(C(c3ccc(O)cc3)C(c3ccc(O)cc3)c3ccc(O)cc3)cc2)(c2ccc(C)cc2)(c2ccc(C)cc2)c2ccc(C)cc2)cc1. The van der Waals surface area contributed by atoms with E-state index < -0.39 is 6.83 Å². The maximum absolute atomic E-state index is 10.4. The Hall–Kier alpha value is -6.61. The first-order valence-electron chi connectivity index (χ1n) is 20.0. The van der Waals surface area contributed by atoms with Crippen LogP contribution in [0.4, 0.5) is 0 Å². The van der Waals surface area contributed by atoms with Crippen LogP contribution < -0.4 is 25.7 Å². The molecule has 294 valence electrons. The van der Waals surface area contributed by atoms with Crippen molar-refractivity contribution in [3.8, 4) is 23.0 Å². The summed E-state index contributed by atoms with van der Waals surface area (Å²) in [5, 5.41) is 35.4. The molecule has 0 fully saturated rings. The van der Waals surface area contributed by atoms with Crippen molar-refractivity contribution in [1.82, 2.24) is 0 Å².